The van der Waals surface area contributed by atoms with Crippen molar-refractivity contribution in [3.05, 3.63) is 16.3 Å². The minimum atomic E-state index is -3.75. The van der Waals surface area contributed by atoms with Crippen LogP contribution in [0.3, 0.4) is 0 Å². The fourth-order valence-corrected chi connectivity index (χ4v) is 2.71. The summed E-state index contributed by atoms with van der Waals surface area (Å²) in [6.07, 6.45) is 0. The fourth-order valence-electron chi connectivity index (χ4n) is 0.778. The molecular formula is C6H7NO3S2. The molecule has 12 heavy (non-hydrogen) atoms. The molecule has 0 aliphatic carbocycles. The number of primary sulfonamides is 1. The third kappa shape index (κ3) is 1.71. The topological polar surface area (TPSA) is 77.2 Å². The Morgan fingerprint density at radius 1 is 1.58 bits per heavy atom. The maximum Gasteiger partial charge on any atom is 0.239 e. The Labute approximate surface area is 74.1 Å². The molecule has 0 aliphatic rings. The standard InChI is InChI=1S/C6H7NO3S2/c1-4(8)6-5(2-3-11-6)12(7,9)10/h2-3H,1H3,(H2,7,9,10). The van der Waals surface area contributed by atoms with Crippen LogP contribution in [0, 0.1) is 0 Å². The number of carbonyl (C=O) groups excluding carboxylic acids is 1. The van der Waals surface area contributed by atoms with Crippen molar-refractivity contribution in [3.63, 3.8) is 0 Å². The molecule has 0 saturated heterocycles. The van der Waals surface area contributed by atoms with Gasteiger partial charge in [0.05, 0.1) is 4.88 Å². The van der Waals surface area contributed by atoms with Gasteiger partial charge in [0.25, 0.3) is 0 Å². The zero-order valence-electron chi connectivity index (χ0n) is 6.27. The quantitative estimate of drug-likeness (QED) is 0.718. The van der Waals surface area contributed by atoms with Gasteiger partial charge in [-0.25, -0.2) is 13.6 Å². The van der Waals surface area contributed by atoms with E-state index in [1.54, 1.807) is 0 Å². The zero-order chi connectivity index (χ0) is 9.35. The van der Waals surface area contributed by atoms with Gasteiger partial charge in [-0.15, -0.1) is 11.3 Å². The van der Waals surface area contributed by atoms with Crippen LogP contribution in [0.5, 0.6) is 0 Å². The number of ketones is 1. The molecule has 0 fully saturated rings. The molecule has 0 radical (unpaired) electrons. The lowest BCUT2D eigenvalue weighted by Crippen LogP contribution is -2.13. The number of hydrogen-bond donors (Lipinski definition) is 1. The molecule has 1 rings (SSSR count). The summed E-state index contributed by atoms with van der Waals surface area (Å²) in [5, 5.41) is 6.39. The summed E-state index contributed by atoms with van der Waals surface area (Å²) in [5.74, 6) is -0.283. The molecular weight excluding hydrogens is 198 g/mol. The van der Waals surface area contributed by atoms with Crippen molar-refractivity contribution in [1.82, 2.24) is 0 Å². The van der Waals surface area contributed by atoms with E-state index in [1.807, 2.05) is 0 Å². The molecule has 0 aliphatic heterocycles. The first-order chi connectivity index (χ1) is 5.43. The van der Waals surface area contributed by atoms with Gasteiger partial charge in [-0.3, -0.25) is 4.79 Å². The van der Waals surface area contributed by atoms with Crippen LogP contribution in [0.4, 0.5) is 0 Å². The highest BCUT2D eigenvalue weighted by Crippen LogP contribution is 2.20. The van der Waals surface area contributed by atoms with Crippen molar-refractivity contribution in [2.75, 3.05) is 0 Å². The third-order valence-electron chi connectivity index (χ3n) is 1.26. The van der Waals surface area contributed by atoms with Crippen LogP contribution < -0.4 is 5.14 Å². The minimum Gasteiger partial charge on any atom is -0.294 e. The first-order valence-electron chi connectivity index (χ1n) is 3.04. The van der Waals surface area contributed by atoms with Crippen LogP contribution in [0.25, 0.3) is 0 Å². The summed E-state index contributed by atoms with van der Waals surface area (Å²) >= 11 is 1.08. The molecule has 4 nitrogen and oxygen atoms in total. The largest absolute Gasteiger partial charge is 0.294 e. The van der Waals surface area contributed by atoms with E-state index in [4.69, 9.17) is 5.14 Å². The van der Waals surface area contributed by atoms with Crippen molar-refractivity contribution in [2.45, 2.75) is 11.8 Å². The minimum absolute atomic E-state index is 0.0833. The van der Waals surface area contributed by atoms with E-state index in [0.717, 1.165) is 11.3 Å². The van der Waals surface area contributed by atoms with Gasteiger partial charge in [-0.05, 0) is 18.4 Å². The summed E-state index contributed by atoms with van der Waals surface area (Å²) in [4.78, 5) is 11.0. The zero-order valence-corrected chi connectivity index (χ0v) is 7.91. The van der Waals surface area contributed by atoms with Crippen molar-refractivity contribution in [2.24, 2.45) is 5.14 Å². The van der Waals surface area contributed by atoms with E-state index < -0.39 is 10.0 Å². The second-order valence-electron chi connectivity index (χ2n) is 2.22. The lowest BCUT2D eigenvalue weighted by Gasteiger charge is -1.95. The highest BCUT2D eigenvalue weighted by molar-refractivity contribution is 7.89. The highest BCUT2D eigenvalue weighted by Gasteiger charge is 2.17. The van der Waals surface area contributed by atoms with Crippen molar-refractivity contribution < 1.29 is 13.2 Å². The van der Waals surface area contributed by atoms with E-state index in [-0.39, 0.29) is 15.6 Å². The van der Waals surface area contributed by atoms with Crippen molar-refractivity contribution in [1.29, 1.82) is 0 Å². The summed E-state index contributed by atoms with van der Waals surface area (Å²) in [6.45, 7) is 1.31. The number of nitrogens with two attached hydrogens (primary N) is 1. The second kappa shape index (κ2) is 2.96. The SMILES string of the molecule is CC(=O)c1sccc1S(N)(=O)=O. The molecule has 0 bridgehead atoms. The van der Waals surface area contributed by atoms with Crippen LogP contribution in [-0.4, -0.2) is 14.2 Å². The molecule has 1 heterocycles. The maximum atomic E-state index is 10.9. The van der Waals surface area contributed by atoms with Crippen LogP contribution in [-0.2, 0) is 10.0 Å². The summed E-state index contributed by atoms with van der Waals surface area (Å²) in [5.41, 5.74) is 0. The van der Waals surface area contributed by atoms with Crippen LogP contribution >= 0.6 is 11.3 Å². The molecule has 66 valence electrons. The number of hydrogen-bond acceptors (Lipinski definition) is 4. The molecule has 0 atom stereocenters. The van der Waals surface area contributed by atoms with Gasteiger partial charge in [0.15, 0.2) is 5.78 Å². The molecule has 1 aromatic rings. The van der Waals surface area contributed by atoms with E-state index >= 15 is 0 Å². The average Bonchev–Trinajstić information content (AvgIpc) is 2.30. The maximum absolute atomic E-state index is 10.9. The van der Waals surface area contributed by atoms with E-state index in [9.17, 15) is 13.2 Å². The van der Waals surface area contributed by atoms with Gasteiger partial charge >= 0.3 is 0 Å². The Balaban J connectivity index is 3.36. The second-order valence-corrected chi connectivity index (χ2v) is 4.66. The number of carbonyl (C=O) groups is 1. The lowest BCUT2D eigenvalue weighted by atomic mass is 10.4. The summed E-state index contributed by atoms with van der Waals surface area (Å²) in [7, 11) is -3.75. The van der Waals surface area contributed by atoms with Crippen LogP contribution in [0.2, 0.25) is 0 Å². The van der Waals surface area contributed by atoms with Gasteiger partial charge < -0.3 is 0 Å². The number of thiophene rings is 1. The summed E-state index contributed by atoms with van der Waals surface area (Å²) < 4.78 is 21.7. The van der Waals surface area contributed by atoms with Gasteiger partial charge in [0.1, 0.15) is 4.90 Å². The molecule has 2 N–H and O–H groups in total. The Kier molecular flexibility index (Phi) is 2.31. The Morgan fingerprint density at radius 3 is 2.50 bits per heavy atom. The van der Waals surface area contributed by atoms with Crippen molar-refractivity contribution >= 4 is 27.1 Å². The number of rotatable bonds is 2. The van der Waals surface area contributed by atoms with E-state index in [2.05, 4.69) is 0 Å². The van der Waals surface area contributed by atoms with Gasteiger partial charge in [0.2, 0.25) is 10.0 Å². The third-order valence-corrected chi connectivity index (χ3v) is 3.35. The van der Waals surface area contributed by atoms with Gasteiger partial charge in [0, 0.05) is 0 Å². The van der Waals surface area contributed by atoms with E-state index in [1.165, 1.54) is 18.4 Å². The molecule has 0 saturated carbocycles. The van der Waals surface area contributed by atoms with Gasteiger partial charge in [-0.2, -0.15) is 0 Å². The average molecular weight is 205 g/mol. The van der Waals surface area contributed by atoms with Crippen molar-refractivity contribution in [3.8, 4) is 0 Å². The smallest absolute Gasteiger partial charge is 0.239 e. The first-order valence-corrected chi connectivity index (χ1v) is 5.47. The molecule has 0 unspecified atom stereocenters. The van der Waals surface area contributed by atoms with Crippen LogP contribution in [0.15, 0.2) is 16.3 Å². The number of sulfonamides is 1. The first kappa shape index (κ1) is 9.37. The molecule has 0 amide bonds. The Hall–Kier alpha value is -0.720. The highest BCUT2D eigenvalue weighted by atomic mass is 32.2. The fraction of sp³-hybridized carbons (Fsp3) is 0.167. The molecule has 0 aromatic carbocycles. The predicted molar refractivity (Wildman–Crippen MR) is 45.7 cm³/mol. The monoisotopic (exact) mass is 205 g/mol. The van der Waals surface area contributed by atoms with E-state index in [0.29, 0.717) is 0 Å². The Morgan fingerprint density at radius 2 is 2.17 bits per heavy atom. The normalized spacial score (nSPS) is 11.5. The number of Topliss-reactive ketones (excluding diaryl/α,β-unsaturated/α-hetero) is 1. The molecule has 0 spiro atoms. The van der Waals surface area contributed by atoms with Gasteiger partial charge in [-0.1, -0.05) is 0 Å². The summed E-state index contributed by atoms with van der Waals surface area (Å²) in [6, 6.07) is 1.33. The molecule has 1 aromatic heterocycles. The Bertz CT molecular complexity index is 404. The van der Waals surface area contributed by atoms with Crippen LogP contribution in [0.1, 0.15) is 16.6 Å². The molecule has 6 heteroatoms. The lowest BCUT2D eigenvalue weighted by molar-refractivity contribution is 0.101. The predicted octanol–water partition coefficient (Wildman–Crippen LogP) is 0.598.